The molecule has 74 valence electrons. The summed E-state index contributed by atoms with van der Waals surface area (Å²) in [5.74, 6) is 0.0659. The van der Waals surface area contributed by atoms with Crippen LogP contribution in [0.3, 0.4) is 0 Å². The molecule has 14 heavy (non-hydrogen) atoms. The smallest absolute Gasteiger partial charge is 0.330 e. The maximum absolute atomic E-state index is 10.8. The van der Waals surface area contributed by atoms with Crippen molar-refractivity contribution in [3.05, 3.63) is 41.5 Å². The van der Waals surface area contributed by atoms with E-state index in [-0.39, 0.29) is 5.97 Å². The molecule has 1 aromatic rings. The zero-order valence-corrected chi connectivity index (χ0v) is 8.62. The number of hydrogen-bond donors (Lipinski definition) is 0. The van der Waals surface area contributed by atoms with Gasteiger partial charge in [0.15, 0.2) is 0 Å². The SMILES string of the molecule is COC(=O)C=Cc1ccccc1CCl. The quantitative estimate of drug-likeness (QED) is 0.436. The van der Waals surface area contributed by atoms with Gasteiger partial charge in [-0.1, -0.05) is 24.3 Å². The third-order valence-electron chi connectivity index (χ3n) is 1.80. The van der Waals surface area contributed by atoms with Gasteiger partial charge in [-0.2, -0.15) is 0 Å². The Morgan fingerprint density at radius 3 is 2.86 bits per heavy atom. The summed E-state index contributed by atoms with van der Waals surface area (Å²) in [5.41, 5.74) is 1.93. The molecule has 0 unspecified atom stereocenters. The molecule has 0 aliphatic heterocycles. The van der Waals surface area contributed by atoms with Gasteiger partial charge in [-0.25, -0.2) is 4.79 Å². The second-order valence-corrected chi connectivity index (χ2v) is 2.96. The fraction of sp³-hybridized carbons (Fsp3) is 0.182. The van der Waals surface area contributed by atoms with Gasteiger partial charge in [0.1, 0.15) is 0 Å². The second-order valence-electron chi connectivity index (χ2n) is 2.69. The van der Waals surface area contributed by atoms with Gasteiger partial charge in [0.2, 0.25) is 0 Å². The fourth-order valence-corrected chi connectivity index (χ4v) is 1.29. The zero-order valence-electron chi connectivity index (χ0n) is 7.87. The van der Waals surface area contributed by atoms with Crippen LogP contribution >= 0.6 is 11.6 Å². The molecule has 0 radical (unpaired) electrons. The molecule has 0 aliphatic carbocycles. The molecule has 0 atom stereocenters. The Balaban J connectivity index is 2.85. The van der Waals surface area contributed by atoms with Crippen molar-refractivity contribution in [1.29, 1.82) is 0 Å². The van der Waals surface area contributed by atoms with Crippen LogP contribution in [0.15, 0.2) is 30.3 Å². The highest BCUT2D eigenvalue weighted by atomic mass is 35.5. The van der Waals surface area contributed by atoms with Gasteiger partial charge in [0, 0.05) is 12.0 Å². The van der Waals surface area contributed by atoms with E-state index >= 15 is 0 Å². The molecule has 2 nitrogen and oxygen atoms in total. The lowest BCUT2D eigenvalue weighted by Gasteiger charge is -2.00. The summed E-state index contributed by atoms with van der Waals surface area (Å²) in [6.07, 6.45) is 3.08. The van der Waals surface area contributed by atoms with Gasteiger partial charge in [-0.05, 0) is 17.2 Å². The normalized spacial score (nSPS) is 10.4. The summed E-state index contributed by atoms with van der Waals surface area (Å²) < 4.78 is 4.49. The molecule has 0 bridgehead atoms. The first-order valence-electron chi connectivity index (χ1n) is 4.18. The summed E-state index contributed by atoms with van der Waals surface area (Å²) in [7, 11) is 1.35. The molecule has 1 aromatic carbocycles. The first-order chi connectivity index (χ1) is 6.77. The first-order valence-corrected chi connectivity index (χ1v) is 4.71. The van der Waals surface area contributed by atoms with E-state index in [1.807, 2.05) is 24.3 Å². The number of benzene rings is 1. The predicted molar refractivity (Wildman–Crippen MR) is 57.0 cm³/mol. The Morgan fingerprint density at radius 2 is 2.21 bits per heavy atom. The van der Waals surface area contributed by atoms with E-state index in [4.69, 9.17) is 11.6 Å². The molecule has 3 heteroatoms. The van der Waals surface area contributed by atoms with Crippen molar-refractivity contribution in [3.8, 4) is 0 Å². The van der Waals surface area contributed by atoms with Crippen molar-refractivity contribution >= 4 is 23.6 Å². The molecule has 0 N–H and O–H groups in total. The maximum atomic E-state index is 10.8. The fourth-order valence-electron chi connectivity index (χ4n) is 1.04. The first kappa shape index (κ1) is 10.8. The molecule has 0 saturated heterocycles. The van der Waals surface area contributed by atoms with E-state index in [1.165, 1.54) is 13.2 Å². The lowest BCUT2D eigenvalue weighted by Crippen LogP contribution is -1.93. The van der Waals surface area contributed by atoms with Gasteiger partial charge in [-0.3, -0.25) is 0 Å². The van der Waals surface area contributed by atoms with Crippen molar-refractivity contribution in [2.24, 2.45) is 0 Å². The summed E-state index contributed by atoms with van der Waals surface area (Å²) in [6.45, 7) is 0. The molecule has 0 amide bonds. The van der Waals surface area contributed by atoms with Gasteiger partial charge >= 0.3 is 5.97 Å². The number of carbonyl (C=O) groups is 1. The highest BCUT2D eigenvalue weighted by Crippen LogP contribution is 2.12. The molecule has 0 saturated carbocycles. The Bertz CT molecular complexity index is 345. The lowest BCUT2D eigenvalue weighted by atomic mass is 10.1. The minimum Gasteiger partial charge on any atom is -0.466 e. The van der Waals surface area contributed by atoms with E-state index in [0.717, 1.165) is 11.1 Å². The van der Waals surface area contributed by atoms with E-state index in [0.29, 0.717) is 5.88 Å². The monoisotopic (exact) mass is 210 g/mol. The van der Waals surface area contributed by atoms with Crippen molar-refractivity contribution in [3.63, 3.8) is 0 Å². The van der Waals surface area contributed by atoms with Crippen molar-refractivity contribution in [2.75, 3.05) is 7.11 Å². The number of esters is 1. The van der Waals surface area contributed by atoms with Crippen LogP contribution in [-0.4, -0.2) is 13.1 Å². The van der Waals surface area contributed by atoms with Crippen LogP contribution in [0.4, 0.5) is 0 Å². The van der Waals surface area contributed by atoms with Crippen LogP contribution < -0.4 is 0 Å². The summed E-state index contributed by atoms with van der Waals surface area (Å²) in [4.78, 5) is 10.8. The molecule has 0 aliphatic rings. The van der Waals surface area contributed by atoms with Gasteiger partial charge in [0.25, 0.3) is 0 Å². The average Bonchev–Trinajstić information content (AvgIpc) is 2.26. The number of carbonyl (C=O) groups excluding carboxylic acids is 1. The second kappa shape index (κ2) is 5.45. The van der Waals surface area contributed by atoms with Crippen molar-refractivity contribution < 1.29 is 9.53 Å². The topological polar surface area (TPSA) is 26.3 Å². The molecule has 1 rings (SSSR count). The van der Waals surface area contributed by atoms with E-state index in [9.17, 15) is 4.79 Å². The van der Waals surface area contributed by atoms with Crippen LogP contribution in [-0.2, 0) is 15.4 Å². The Labute approximate surface area is 88.1 Å². The molecular formula is C11H11ClO2. The van der Waals surface area contributed by atoms with E-state index in [1.54, 1.807) is 6.08 Å². The van der Waals surface area contributed by atoms with Crippen molar-refractivity contribution in [1.82, 2.24) is 0 Å². The van der Waals surface area contributed by atoms with Crippen LogP contribution in [0.25, 0.3) is 6.08 Å². The number of halogens is 1. The Kier molecular flexibility index (Phi) is 4.20. The Morgan fingerprint density at radius 1 is 1.50 bits per heavy atom. The lowest BCUT2D eigenvalue weighted by molar-refractivity contribution is -0.134. The highest BCUT2D eigenvalue weighted by Gasteiger charge is 1.97. The van der Waals surface area contributed by atoms with Crippen molar-refractivity contribution in [2.45, 2.75) is 5.88 Å². The highest BCUT2D eigenvalue weighted by molar-refractivity contribution is 6.17. The van der Waals surface area contributed by atoms with Gasteiger partial charge in [-0.15, -0.1) is 11.6 Å². The standard InChI is InChI=1S/C11H11ClO2/c1-14-11(13)7-6-9-4-2-3-5-10(9)8-12/h2-7H,8H2,1H3. The van der Waals surface area contributed by atoms with Crippen LogP contribution in [0.2, 0.25) is 0 Å². The minimum atomic E-state index is -0.366. The largest absolute Gasteiger partial charge is 0.466 e. The van der Waals surface area contributed by atoms with Crippen LogP contribution in [0, 0.1) is 0 Å². The third-order valence-corrected chi connectivity index (χ3v) is 2.09. The number of methoxy groups -OCH3 is 1. The minimum absolute atomic E-state index is 0.366. The number of rotatable bonds is 3. The third kappa shape index (κ3) is 2.89. The van der Waals surface area contributed by atoms with E-state index in [2.05, 4.69) is 4.74 Å². The zero-order chi connectivity index (χ0) is 10.4. The van der Waals surface area contributed by atoms with Gasteiger partial charge < -0.3 is 4.74 Å². The number of hydrogen-bond acceptors (Lipinski definition) is 2. The predicted octanol–water partition coefficient (Wildman–Crippen LogP) is 2.61. The van der Waals surface area contributed by atoms with Crippen LogP contribution in [0.1, 0.15) is 11.1 Å². The molecule has 0 aromatic heterocycles. The average molecular weight is 211 g/mol. The molecule has 0 fully saturated rings. The summed E-state index contributed by atoms with van der Waals surface area (Å²) in [5, 5.41) is 0. The summed E-state index contributed by atoms with van der Waals surface area (Å²) in [6, 6.07) is 7.63. The Hall–Kier alpha value is -1.28. The number of ether oxygens (including phenoxy) is 1. The molecular weight excluding hydrogens is 200 g/mol. The maximum Gasteiger partial charge on any atom is 0.330 e. The molecule has 0 spiro atoms. The van der Waals surface area contributed by atoms with Crippen LogP contribution in [0.5, 0.6) is 0 Å². The summed E-state index contributed by atoms with van der Waals surface area (Å²) >= 11 is 5.73. The molecule has 0 heterocycles. The van der Waals surface area contributed by atoms with E-state index < -0.39 is 0 Å². The number of alkyl halides is 1. The van der Waals surface area contributed by atoms with Gasteiger partial charge in [0.05, 0.1) is 7.11 Å².